The summed E-state index contributed by atoms with van der Waals surface area (Å²) in [6.45, 7) is -1.26. The molecule has 0 aliphatic heterocycles. The van der Waals surface area contributed by atoms with Gasteiger partial charge >= 0.3 is 12.0 Å². The van der Waals surface area contributed by atoms with Crippen molar-refractivity contribution in [2.24, 2.45) is 0 Å². The van der Waals surface area contributed by atoms with Crippen molar-refractivity contribution in [2.75, 3.05) is 6.54 Å². The van der Waals surface area contributed by atoms with Crippen LogP contribution in [0.1, 0.15) is 16.7 Å². The summed E-state index contributed by atoms with van der Waals surface area (Å²) >= 11 is 0. The molecule has 1 unspecified atom stereocenters. The fraction of sp³-hybridized carbons (Fsp3) is 0.222. The van der Waals surface area contributed by atoms with E-state index in [1.807, 2.05) is 0 Å². The third-order valence-electron chi connectivity index (χ3n) is 5.18. The molecule has 0 saturated heterocycles. The van der Waals surface area contributed by atoms with E-state index in [2.05, 4.69) is 10.6 Å². The molecule has 2 amide bonds. The van der Waals surface area contributed by atoms with Crippen LogP contribution in [0.15, 0.2) is 91.0 Å². The molecule has 1 atom stereocenters. The molecule has 0 aliphatic rings. The van der Waals surface area contributed by atoms with Crippen molar-refractivity contribution in [2.45, 2.75) is 31.4 Å². The van der Waals surface area contributed by atoms with E-state index >= 15 is 0 Å². The smallest absolute Gasteiger partial charge is 0.408 e. The van der Waals surface area contributed by atoms with Crippen LogP contribution in [-0.2, 0) is 33.8 Å². The molecule has 0 fully saturated rings. The molecule has 8 heteroatoms. The molecule has 35 heavy (non-hydrogen) atoms. The fourth-order valence-electron chi connectivity index (χ4n) is 3.36. The minimum atomic E-state index is -3.90. The minimum Gasteiger partial charge on any atom is -0.445 e. The molecule has 0 heterocycles. The van der Waals surface area contributed by atoms with Gasteiger partial charge in [-0.3, -0.25) is 9.59 Å². The van der Waals surface area contributed by atoms with Crippen LogP contribution in [-0.4, -0.2) is 36.3 Å². The molecule has 3 aromatic rings. The molecule has 6 nitrogen and oxygen atoms in total. The standard InChI is InChI=1S/C27H26F2N2O4/c28-27(29,19-30-24(32)17-21-12-6-2-7-13-21)25(33)23(16-20-10-4-1-5-11-20)31-26(34)35-18-22-14-8-3-9-15-22/h1-15,23H,16-19H2,(H,30,32)(H,31,34). The molecule has 2 N–H and O–H groups in total. The van der Waals surface area contributed by atoms with Crippen LogP contribution in [0.3, 0.4) is 0 Å². The summed E-state index contributed by atoms with van der Waals surface area (Å²) in [5, 5.41) is 4.38. The highest BCUT2D eigenvalue weighted by Gasteiger charge is 2.44. The second-order valence-electron chi connectivity index (χ2n) is 7.96. The van der Waals surface area contributed by atoms with Gasteiger partial charge in [0.25, 0.3) is 0 Å². The molecule has 3 rings (SSSR count). The maximum atomic E-state index is 14.8. The van der Waals surface area contributed by atoms with Gasteiger partial charge in [0, 0.05) is 6.42 Å². The lowest BCUT2D eigenvalue weighted by Crippen LogP contribution is -2.53. The van der Waals surface area contributed by atoms with Gasteiger partial charge in [0.2, 0.25) is 11.7 Å². The summed E-state index contributed by atoms with van der Waals surface area (Å²) < 4.78 is 34.7. The molecule has 0 aromatic heterocycles. The first kappa shape index (κ1) is 25.6. The van der Waals surface area contributed by atoms with Crippen molar-refractivity contribution in [1.82, 2.24) is 10.6 Å². The van der Waals surface area contributed by atoms with Crippen LogP contribution < -0.4 is 10.6 Å². The predicted octanol–water partition coefficient (Wildman–Crippen LogP) is 4.09. The van der Waals surface area contributed by atoms with Gasteiger partial charge in [0.1, 0.15) is 12.6 Å². The first-order valence-electron chi connectivity index (χ1n) is 11.1. The molecule has 0 radical (unpaired) electrons. The van der Waals surface area contributed by atoms with Crippen LogP contribution in [0.5, 0.6) is 0 Å². The second-order valence-corrected chi connectivity index (χ2v) is 7.96. The molecule has 0 spiro atoms. The summed E-state index contributed by atoms with van der Waals surface area (Å²) in [7, 11) is 0. The van der Waals surface area contributed by atoms with Crippen LogP contribution >= 0.6 is 0 Å². The van der Waals surface area contributed by atoms with Gasteiger partial charge in [-0.15, -0.1) is 0 Å². The maximum absolute atomic E-state index is 14.8. The number of halogens is 2. The lowest BCUT2D eigenvalue weighted by Gasteiger charge is -2.23. The fourth-order valence-corrected chi connectivity index (χ4v) is 3.36. The van der Waals surface area contributed by atoms with Crippen molar-refractivity contribution in [3.8, 4) is 0 Å². The highest BCUT2D eigenvalue weighted by molar-refractivity contribution is 5.93. The van der Waals surface area contributed by atoms with Gasteiger partial charge < -0.3 is 15.4 Å². The molecular formula is C27H26F2N2O4. The highest BCUT2D eigenvalue weighted by atomic mass is 19.3. The average molecular weight is 481 g/mol. The first-order chi connectivity index (χ1) is 16.8. The van der Waals surface area contributed by atoms with E-state index in [-0.39, 0.29) is 19.4 Å². The van der Waals surface area contributed by atoms with Gasteiger partial charge in [-0.05, 0) is 16.7 Å². The number of amides is 2. The Morgan fingerprint density at radius 2 is 1.29 bits per heavy atom. The summed E-state index contributed by atoms with van der Waals surface area (Å²) in [4.78, 5) is 37.2. The number of alkyl halides is 2. The van der Waals surface area contributed by atoms with Crippen LogP contribution in [0.25, 0.3) is 0 Å². The number of nitrogens with one attached hydrogen (secondary N) is 2. The molecular weight excluding hydrogens is 454 g/mol. The van der Waals surface area contributed by atoms with E-state index in [1.165, 1.54) is 0 Å². The van der Waals surface area contributed by atoms with E-state index in [9.17, 15) is 23.2 Å². The summed E-state index contributed by atoms with van der Waals surface area (Å²) in [5.41, 5.74) is 1.95. The monoisotopic (exact) mass is 480 g/mol. The molecule has 0 aliphatic carbocycles. The Kier molecular flexibility index (Phi) is 9.06. The Hall–Kier alpha value is -4.07. The topological polar surface area (TPSA) is 84.5 Å². The van der Waals surface area contributed by atoms with E-state index in [0.717, 1.165) is 0 Å². The van der Waals surface area contributed by atoms with Crippen molar-refractivity contribution < 1.29 is 27.9 Å². The quantitative estimate of drug-likeness (QED) is 0.433. The number of hydrogen-bond donors (Lipinski definition) is 2. The van der Waals surface area contributed by atoms with E-state index in [1.54, 1.807) is 91.0 Å². The first-order valence-corrected chi connectivity index (χ1v) is 11.1. The number of ketones is 1. The zero-order chi connectivity index (χ0) is 25.1. The maximum Gasteiger partial charge on any atom is 0.408 e. The second kappa shape index (κ2) is 12.4. The van der Waals surface area contributed by atoms with Crippen molar-refractivity contribution in [1.29, 1.82) is 0 Å². The normalized spacial score (nSPS) is 11.8. The largest absolute Gasteiger partial charge is 0.445 e. The average Bonchev–Trinajstić information content (AvgIpc) is 2.87. The zero-order valence-electron chi connectivity index (χ0n) is 19.0. The lowest BCUT2D eigenvalue weighted by atomic mass is 9.98. The number of rotatable bonds is 11. The van der Waals surface area contributed by atoms with Crippen LogP contribution in [0.2, 0.25) is 0 Å². The predicted molar refractivity (Wildman–Crippen MR) is 127 cm³/mol. The summed E-state index contributed by atoms with van der Waals surface area (Å²) in [6.07, 6.45) is -1.25. The number of carbonyl (C=O) groups excluding carboxylic acids is 3. The highest BCUT2D eigenvalue weighted by Crippen LogP contribution is 2.19. The SMILES string of the molecule is O=C(Cc1ccccc1)NCC(F)(F)C(=O)C(Cc1ccccc1)NC(=O)OCc1ccccc1. The molecule has 0 bridgehead atoms. The van der Waals surface area contributed by atoms with Crippen molar-refractivity contribution in [3.05, 3.63) is 108 Å². The Labute approximate surface area is 202 Å². The van der Waals surface area contributed by atoms with Gasteiger partial charge in [0.05, 0.1) is 13.0 Å². The van der Waals surface area contributed by atoms with E-state index in [4.69, 9.17) is 4.74 Å². The third kappa shape index (κ3) is 8.33. The van der Waals surface area contributed by atoms with Gasteiger partial charge in [0.15, 0.2) is 0 Å². The molecule has 182 valence electrons. The Morgan fingerprint density at radius 3 is 1.86 bits per heavy atom. The van der Waals surface area contributed by atoms with Crippen LogP contribution in [0, 0.1) is 0 Å². The number of Topliss-reactive ketones (excluding diaryl/α,β-unsaturated/α-hetero) is 1. The number of alkyl carbamates (subject to hydrolysis) is 1. The zero-order valence-corrected chi connectivity index (χ0v) is 19.0. The lowest BCUT2D eigenvalue weighted by molar-refractivity contribution is -0.145. The summed E-state index contributed by atoms with van der Waals surface area (Å²) in [5.74, 6) is -6.06. The minimum absolute atomic E-state index is 0.0785. The van der Waals surface area contributed by atoms with Gasteiger partial charge in [-0.1, -0.05) is 91.0 Å². The molecule has 0 saturated carbocycles. The summed E-state index contributed by atoms with van der Waals surface area (Å²) in [6, 6.07) is 24.4. The number of hydrogen-bond acceptors (Lipinski definition) is 4. The Bertz CT molecular complexity index is 1110. The Balaban J connectivity index is 1.63. The number of carbonyl (C=O) groups is 3. The van der Waals surface area contributed by atoms with Crippen molar-refractivity contribution >= 4 is 17.8 Å². The van der Waals surface area contributed by atoms with Crippen LogP contribution in [0.4, 0.5) is 13.6 Å². The van der Waals surface area contributed by atoms with E-state index in [0.29, 0.717) is 16.7 Å². The van der Waals surface area contributed by atoms with Gasteiger partial charge in [-0.2, -0.15) is 8.78 Å². The van der Waals surface area contributed by atoms with E-state index < -0.39 is 36.3 Å². The molecule has 3 aromatic carbocycles. The van der Waals surface area contributed by atoms with Gasteiger partial charge in [-0.25, -0.2) is 4.79 Å². The number of ether oxygens (including phenoxy) is 1. The third-order valence-corrected chi connectivity index (χ3v) is 5.18. The van der Waals surface area contributed by atoms with Crippen molar-refractivity contribution in [3.63, 3.8) is 0 Å². The Morgan fingerprint density at radius 1 is 0.771 bits per heavy atom. The number of benzene rings is 3.